The molecule has 0 saturated carbocycles. The zero-order chi connectivity index (χ0) is 23.9. The van der Waals surface area contributed by atoms with Crippen molar-refractivity contribution in [3.05, 3.63) is 64.8 Å². The summed E-state index contributed by atoms with van der Waals surface area (Å²) >= 11 is 1.28. The number of sulfone groups is 1. The number of nitrogens with one attached hydrogen (secondary N) is 1. The molecule has 1 unspecified atom stereocenters. The normalized spacial score (nSPS) is 14.8. The zero-order valence-electron chi connectivity index (χ0n) is 18.7. The van der Waals surface area contributed by atoms with Gasteiger partial charge < -0.3 is 14.6 Å². The highest BCUT2D eigenvalue weighted by molar-refractivity contribution is 7.91. The number of hydrogen-bond acceptors (Lipinski definition) is 9. The standard InChI is InChI=1S/C23H23N5O4S2/c1-24-13-19-26-27-21(32-19)20(34(2,30)31)22-25-17-8-7-15(12-18(17)33-22)14-5-3-6-16(11-14)23(29)28-9-4-10-28/h3,5-8,11-12,20,24H,4,9-10,13H2,1-2H3. The van der Waals surface area contributed by atoms with Gasteiger partial charge in [0.2, 0.25) is 11.8 Å². The first-order valence-corrected chi connectivity index (χ1v) is 13.6. The number of fused-ring (bicyclic) bond motifs is 1. The van der Waals surface area contributed by atoms with Gasteiger partial charge in [-0.05, 0) is 48.9 Å². The van der Waals surface area contributed by atoms with Gasteiger partial charge in [-0.3, -0.25) is 4.79 Å². The van der Waals surface area contributed by atoms with Crippen LogP contribution in [0.2, 0.25) is 0 Å². The lowest BCUT2D eigenvalue weighted by molar-refractivity contribution is 0.0652. The van der Waals surface area contributed by atoms with E-state index in [1.807, 2.05) is 47.4 Å². The first-order chi connectivity index (χ1) is 16.3. The van der Waals surface area contributed by atoms with Crippen molar-refractivity contribution in [1.29, 1.82) is 0 Å². The number of likely N-dealkylation sites (tertiary alicyclic amines) is 1. The molecule has 176 valence electrons. The Bertz CT molecular complexity index is 1470. The Balaban J connectivity index is 1.50. The number of hydrogen-bond donors (Lipinski definition) is 1. The third kappa shape index (κ3) is 4.33. The second-order valence-electron chi connectivity index (χ2n) is 8.24. The van der Waals surface area contributed by atoms with Crippen molar-refractivity contribution >= 4 is 37.3 Å². The minimum absolute atomic E-state index is 0.00392. The first-order valence-electron chi connectivity index (χ1n) is 10.8. The average molecular weight is 498 g/mol. The number of amides is 1. The molecule has 1 amide bonds. The summed E-state index contributed by atoms with van der Waals surface area (Å²) in [4.78, 5) is 19.0. The SMILES string of the molecule is CNCc1nnc(C(c2nc3ccc(-c4cccc(C(=O)N5CCC5)c4)cc3s2)S(C)(=O)=O)o1. The fraction of sp³-hybridized carbons (Fsp3) is 0.304. The van der Waals surface area contributed by atoms with Crippen molar-refractivity contribution in [2.75, 3.05) is 26.4 Å². The summed E-state index contributed by atoms with van der Waals surface area (Å²) in [7, 11) is -1.88. The van der Waals surface area contributed by atoms with Crippen LogP contribution in [0.3, 0.4) is 0 Å². The number of carbonyl (C=O) groups excluding carboxylic acids is 1. The molecule has 0 bridgehead atoms. The van der Waals surface area contributed by atoms with Gasteiger partial charge in [0, 0.05) is 24.9 Å². The molecule has 1 aliphatic heterocycles. The molecule has 1 saturated heterocycles. The molecular formula is C23H23N5O4S2. The third-order valence-electron chi connectivity index (χ3n) is 5.68. The minimum Gasteiger partial charge on any atom is -0.422 e. The Labute approximate surface area is 200 Å². The molecule has 1 fully saturated rings. The number of thiazole rings is 1. The predicted molar refractivity (Wildman–Crippen MR) is 129 cm³/mol. The van der Waals surface area contributed by atoms with Crippen LogP contribution in [0.15, 0.2) is 46.9 Å². The molecule has 3 heterocycles. The van der Waals surface area contributed by atoms with Crippen LogP contribution in [0.5, 0.6) is 0 Å². The molecule has 1 atom stereocenters. The van der Waals surface area contributed by atoms with Gasteiger partial charge >= 0.3 is 0 Å². The molecule has 2 aromatic carbocycles. The number of nitrogens with zero attached hydrogens (tertiary/aromatic N) is 4. The smallest absolute Gasteiger partial charge is 0.253 e. The summed E-state index contributed by atoms with van der Waals surface area (Å²) in [5.74, 6) is 0.355. The van der Waals surface area contributed by atoms with E-state index >= 15 is 0 Å². The summed E-state index contributed by atoms with van der Waals surface area (Å²) < 4.78 is 31.7. The predicted octanol–water partition coefficient (Wildman–Crippen LogP) is 3.05. The van der Waals surface area contributed by atoms with E-state index < -0.39 is 15.1 Å². The molecule has 0 radical (unpaired) electrons. The highest BCUT2D eigenvalue weighted by atomic mass is 32.2. The van der Waals surface area contributed by atoms with E-state index in [2.05, 4.69) is 20.5 Å². The van der Waals surface area contributed by atoms with Crippen molar-refractivity contribution in [2.24, 2.45) is 0 Å². The van der Waals surface area contributed by atoms with Crippen LogP contribution in [0.25, 0.3) is 21.3 Å². The van der Waals surface area contributed by atoms with Crippen molar-refractivity contribution < 1.29 is 17.6 Å². The lowest BCUT2D eigenvalue weighted by Gasteiger charge is -2.31. The van der Waals surface area contributed by atoms with E-state index in [1.54, 1.807) is 7.05 Å². The fourth-order valence-electron chi connectivity index (χ4n) is 3.83. The minimum atomic E-state index is -3.61. The number of carbonyl (C=O) groups is 1. The quantitative estimate of drug-likeness (QED) is 0.414. The summed E-state index contributed by atoms with van der Waals surface area (Å²) in [6, 6.07) is 13.3. The van der Waals surface area contributed by atoms with Crippen LogP contribution in [-0.4, -0.2) is 60.8 Å². The van der Waals surface area contributed by atoms with Crippen LogP contribution in [0.1, 0.15) is 38.8 Å². The van der Waals surface area contributed by atoms with E-state index in [9.17, 15) is 13.2 Å². The van der Waals surface area contributed by atoms with Crippen molar-refractivity contribution in [1.82, 2.24) is 25.4 Å². The highest BCUT2D eigenvalue weighted by Crippen LogP contribution is 2.36. The zero-order valence-corrected chi connectivity index (χ0v) is 20.3. The van der Waals surface area contributed by atoms with Gasteiger partial charge in [-0.1, -0.05) is 18.2 Å². The second kappa shape index (κ2) is 8.90. The summed E-state index contributed by atoms with van der Waals surface area (Å²) in [6.45, 7) is 1.94. The first kappa shape index (κ1) is 22.6. The molecule has 34 heavy (non-hydrogen) atoms. The number of benzene rings is 2. The summed E-state index contributed by atoms with van der Waals surface area (Å²) in [5.41, 5.74) is 3.18. The topological polar surface area (TPSA) is 118 Å². The van der Waals surface area contributed by atoms with E-state index in [0.717, 1.165) is 41.6 Å². The molecule has 9 nitrogen and oxygen atoms in total. The van der Waals surface area contributed by atoms with E-state index in [-0.39, 0.29) is 11.8 Å². The Kier molecular flexibility index (Phi) is 5.92. The van der Waals surface area contributed by atoms with Gasteiger partial charge in [0.25, 0.3) is 5.91 Å². The number of aromatic nitrogens is 3. The van der Waals surface area contributed by atoms with E-state index in [1.165, 1.54) is 11.3 Å². The van der Waals surface area contributed by atoms with Gasteiger partial charge in [-0.25, -0.2) is 13.4 Å². The maximum atomic E-state index is 12.6. The molecule has 11 heteroatoms. The van der Waals surface area contributed by atoms with Crippen LogP contribution in [0.4, 0.5) is 0 Å². The molecule has 0 spiro atoms. The Morgan fingerprint density at radius 1 is 1.18 bits per heavy atom. The van der Waals surface area contributed by atoms with E-state index in [4.69, 9.17) is 4.42 Å². The van der Waals surface area contributed by atoms with Crippen LogP contribution in [0, 0.1) is 0 Å². The van der Waals surface area contributed by atoms with Gasteiger partial charge in [-0.15, -0.1) is 21.5 Å². The summed E-state index contributed by atoms with van der Waals surface area (Å²) in [6.07, 6.45) is 2.18. The van der Waals surface area contributed by atoms with Gasteiger partial charge in [0.05, 0.1) is 16.8 Å². The van der Waals surface area contributed by atoms with Crippen LogP contribution < -0.4 is 5.32 Å². The van der Waals surface area contributed by atoms with Gasteiger partial charge in [0.15, 0.2) is 15.1 Å². The highest BCUT2D eigenvalue weighted by Gasteiger charge is 2.33. The Morgan fingerprint density at radius 2 is 1.97 bits per heavy atom. The molecule has 1 N–H and O–H groups in total. The lowest BCUT2D eigenvalue weighted by Crippen LogP contribution is -2.41. The third-order valence-corrected chi connectivity index (χ3v) is 8.19. The molecule has 1 aliphatic rings. The van der Waals surface area contributed by atoms with Crippen molar-refractivity contribution in [3.63, 3.8) is 0 Å². The van der Waals surface area contributed by atoms with Gasteiger partial charge in [0.1, 0.15) is 5.01 Å². The molecular weight excluding hydrogens is 474 g/mol. The lowest BCUT2D eigenvalue weighted by atomic mass is 10.0. The largest absolute Gasteiger partial charge is 0.422 e. The van der Waals surface area contributed by atoms with Crippen LogP contribution >= 0.6 is 11.3 Å². The fourth-order valence-corrected chi connectivity index (χ4v) is 6.37. The Morgan fingerprint density at radius 3 is 2.68 bits per heavy atom. The van der Waals surface area contributed by atoms with Crippen molar-refractivity contribution in [3.8, 4) is 11.1 Å². The molecule has 0 aliphatic carbocycles. The molecule has 5 rings (SSSR count). The maximum absolute atomic E-state index is 12.6. The van der Waals surface area contributed by atoms with Crippen molar-refractivity contribution in [2.45, 2.75) is 18.2 Å². The van der Waals surface area contributed by atoms with Gasteiger partial charge in [-0.2, -0.15) is 0 Å². The second-order valence-corrected chi connectivity index (χ2v) is 11.4. The van der Waals surface area contributed by atoms with E-state index in [0.29, 0.717) is 28.5 Å². The molecule has 4 aromatic rings. The van der Waals surface area contributed by atoms with Crippen LogP contribution in [-0.2, 0) is 16.4 Å². The Hall–Kier alpha value is -3.15. The average Bonchev–Trinajstić information content (AvgIpc) is 3.38. The number of rotatable bonds is 7. The monoisotopic (exact) mass is 497 g/mol. The molecule has 2 aromatic heterocycles. The maximum Gasteiger partial charge on any atom is 0.253 e. The summed E-state index contributed by atoms with van der Waals surface area (Å²) in [5, 5.41) is 10.0.